The first-order valence-corrected chi connectivity index (χ1v) is 11.9. The SMILES string of the molecule is CCOC(=C=O)Cc1ccc(O)c(-c2cc(CC(=C=O)OCC)ccc2OCCc2ccccc2)c1. The molecule has 0 aromatic heterocycles. The van der Waals surface area contributed by atoms with Crippen molar-refractivity contribution in [2.45, 2.75) is 33.1 Å². The molecule has 0 radical (unpaired) electrons. The van der Waals surface area contributed by atoms with E-state index in [1.54, 1.807) is 32.0 Å². The number of allylic oxidation sites excluding steroid dienone is 2. The van der Waals surface area contributed by atoms with E-state index in [0.29, 0.717) is 36.7 Å². The molecule has 6 nitrogen and oxygen atoms in total. The second-order valence-corrected chi connectivity index (χ2v) is 8.04. The monoisotopic (exact) mass is 486 g/mol. The number of carbonyl (C=O) groups excluding carboxylic acids is 2. The maximum absolute atomic E-state index is 11.3. The van der Waals surface area contributed by atoms with Gasteiger partial charge in [-0.25, -0.2) is 9.59 Å². The molecular formula is C30H30O6. The van der Waals surface area contributed by atoms with Gasteiger partial charge >= 0.3 is 0 Å². The van der Waals surface area contributed by atoms with Crippen LogP contribution in [0.2, 0.25) is 0 Å². The fourth-order valence-corrected chi connectivity index (χ4v) is 3.81. The number of hydrogen-bond acceptors (Lipinski definition) is 6. The van der Waals surface area contributed by atoms with E-state index >= 15 is 0 Å². The van der Waals surface area contributed by atoms with E-state index in [1.807, 2.05) is 60.4 Å². The van der Waals surface area contributed by atoms with Crippen molar-refractivity contribution in [1.29, 1.82) is 0 Å². The number of hydrogen-bond donors (Lipinski definition) is 1. The Balaban J connectivity index is 1.96. The van der Waals surface area contributed by atoms with Crippen LogP contribution in [0.3, 0.4) is 0 Å². The number of ether oxygens (including phenoxy) is 3. The number of rotatable bonds is 13. The van der Waals surface area contributed by atoms with E-state index in [1.165, 1.54) is 0 Å². The lowest BCUT2D eigenvalue weighted by Gasteiger charge is -2.16. The fraction of sp³-hybridized carbons (Fsp3) is 0.267. The molecule has 36 heavy (non-hydrogen) atoms. The standard InChI is InChI=1S/C30H30O6/c1-3-34-25(20-31)16-23-10-12-29(33)27(18-23)28-19-24(17-26(21-32)35-4-2)11-13-30(28)36-15-14-22-8-6-5-7-9-22/h5-13,18-19,33H,3-4,14-17H2,1-2H3. The average molecular weight is 487 g/mol. The van der Waals surface area contributed by atoms with Crippen LogP contribution < -0.4 is 4.74 Å². The smallest absolute Gasteiger partial charge is 0.183 e. The first-order valence-electron chi connectivity index (χ1n) is 11.9. The third-order valence-electron chi connectivity index (χ3n) is 5.48. The zero-order valence-electron chi connectivity index (χ0n) is 20.6. The lowest BCUT2D eigenvalue weighted by atomic mass is 9.96. The van der Waals surface area contributed by atoms with E-state index in [9.17, 15) is 14.7 Å². The Labute approximate surface area is 211 Å². The van der Waals surface area contributed by atoms with Gasteiger partial charge < -0.3 is 19.3 Å². The largest absolute Gasteiger partial charge is 0.507 e. The predicted molar refractivity (Wildman–Crippen MR) is 138 cm³/mol. The lowest BCUT2D eigenvalue weighted by Crippen LogP contribution is -2.04. The summed E-state index contributed by atoms with van der Waals surface area (Å²) in [5.74, 6) is 4.73. The van der Waals surface area contributed by atoms with Crippen molar-refractivity contribution in [3.05, 3.63) is 94.9 Å². The number of phenols is 1. The molecule has 0 fully saturated rings. The third kappa shape index (κ3) is 7.38. The zero-order valence-corrected chi connectivity index (χ0v) is 20.6. The molecule has 0 saturated carbocycles. The highest BCUT2D eigenvalue weighted by Crippen LogP contribution is 2.38. The topological polar surface area (TPSA) is 82.1 Å². The molecule has 0 heterocycles. The molecule has 3 aromatic rings. The van der Waals surface area contributed by atoms with Gasteiger partial charge in [-0.3, -0.25) is 0 Å². The molecule has 6 heteroatoms. The van der Waals surface area contributed by atoms with Gasteiger partial charge in [0.2, 0.25) is 0 Å². The minimum atomic E-state index is 0.0628. The lowest BCUT2D eigenvalue weighted by molar-refractivity contribution is 0.226. The van der Waals surface area contributed by atoms with E-state index in [2.05, 4.69) is 0 Å². The summed E-state index contributed by atoms with van der Waals surface area (Å²) in [7, 11) is 0. The Bertz CT molecular complexity index is 1250. The molecule has 3 aromatic carbocycles. The molecular weight excluding hydrogens is 456 g/mol. The highest BCUT2D eigenvalue weighted by atomic mass is 16.5. The van der Waals surface area contributed by atoms with Gasteiger partial charge in [-0.15, -0.1) is 0 Å². The van der Waals surface area contributed by atoms with Gasteiger partial charge in [0, 0.05) is 30.4 Å². The predicted octanol–water partition coefficient (Wildman–Crippen LogP) is 5.27. The summed E-state index contributed by atoms with van der Waals surface area (Å²) in [6.45, 7) is 4.78. The summed E-state index contributed by atoms with van der Waals surface area (Å²) < 4.78 is 16.9. The highest BCUT2D eigenvalue weighted by Gasteiger charge is 2.15. The van der Waals surface area contributed by atoms with Crippen molar-refractivity contribution in [2.24, 2.45) is 0 Å². The van der Waals surface area contributed by atoms with Crippen LogP contribution in [0.1, 0.15) is 30.5 Å². The molecule has 0 aliphatic carbocycles. The summed E-state index contributed by atoms with van der Waals surface area (Å²) >= 11 is 0. The quantitative estimate of drug-likeness (QED) is 0.262. The second kappa shape index (κ2) is 13.6. The van der Waals surface area contributed by atoms with Crippen molar-refractivity contribution < 1.29 is 28.9 Å². The first-order chi connectivity index (χ1) is 17.6. The summed E-state index contributed by atoms with van der Waals surface area (Å²) in [6, 6.07) is 20.7. The van der Waals surface area contributed by atoms with Gasteiger partial charge in [-0.2, -0.15) is 0 Å². The molecule has 0 saturated heterocycles. The third-order valence-corrected chi connectivity index (χ3v) is 5.48. The van der Waals surface area contributed by atoms with Crippen LogP contribution in [0, 0.1) is 0 Å². The van der Waals surface area contributed by atoms with Gasteiger partial charge in [0.1, 0.15) is 11.5 Å². The summed E-state index contributed by atoms with van der Waals surface area (Å²) in [6.07, 6.45) is 1.23. The average Bonchev–Trinajstić information content (AvgIpc) is 2.90. The second-order valence-electron chi connectivity index (χ2n) is 8.04. The Hall–Kier alpha value is -4.24. The molecule has 0 aliphatic heterocycles. The Morgan fingerprint density at radius 3 is 1.92 bits per heavy atom. The van der Waals surface area contributed by atoms with Crippen LogP contribution in [-0.4, -0.2) is 36.8 Å². The molecule has 0 unspecified atom stereocenters. The van der Waals surface area contributed by atoms with Crippen LogP contribution in [0.25, 0.3) is 11.1 Å². The van der Waals surface area contributed by atoms with Gasteiger partial charge in [0.25, 0.3) is 0 Å². The number of benzene rings is 3. The van der Waals surface area contributed by atoms with Crippen LogP contribution in [0.5, 0.6) is 11.5 Å². The Kier molecular flexibility index (Phi) is 9.96. The zero-order chi connectivity index (χ0) is 25.8. The summed E-state index contributed by atoms with van der Waals surface area (Å²) in [4.78, 5) is 22.5. The molecule has 0 atom stereocenters. The molecule has 0 aliphatic rings. The van der Waals surface area contributed by atoms with E-state index in [-0.39, 0.29) is 30.1 Å². The van der Waals surface area contributed by atoms with Crippen molar-refractivity contribution >= 4 is 11.9 Å². The van der Waals surface area contributed by atoms with Crippen molar-refractivity contribution in [3.8, 4) is 22.6 Å². The Morgan fingerprint density at radius 1 is 0.750 bits per heavy atom. The van der Waals surface area contributed by atoms with Crippen LogP contribution >= 0.6 is 0 Å². The maximum atomic E-state index is 11.3. The summed E-state index contributed by atoms with van der Waals surface area (Å²) in [5.41, 5.74) is 3.94. The van der Waals surface area contributed by atoms with Gasteiger partial charge in [0.15, 0.2) is 23.4 Å². The molecule has 0 bridgehead atoms. The number of aromatic hydroxyl groups is 1. The minimum Gasteiger partial charge on any atom is -0.507 e. The summed E-state index contributed by atoms with van der Waals surface area (Å²) in [5, 5.41) is 10.8. The van der Waals surface area contributed by atoms with Crippen molar-refractivity contribution in [3.63, 3.8) is 0 Å². The minimum absolute atomic E-state index is 0.0628. The van der Waals surface area contributed by atoms with Gasteiger partial charge in [-0.1, -0.05) is 42.5 Å². The molecule has 3 rings (SSSR count). The Morgan fingerprint density at radius 2 is 1.33 bits per heavy atom. The van der Waals surface area contributed by atoms with Crippen LogP contribution in [0.15, 0.2) is 78.2 Å². The fourth-order valence-electron chi connectivity index (χ4n) is 3.81. The molecule has 1 N–H and O–H groups in total. The van der Waals surface area contributed by atoms with E-state index in [4.69, 9.17) is 14.2 Å². The van der Waals surface area contributed by atoms with Gasteiger partial charge in [-0.05, 0) is 54.8 Å². The maximum Gasteiger partial charge on any atom is 0.183 e. The van der Waals surface area contributed by atoms with Gasteiger partial charge in [0.05, 0.1) is 19.8 Å². The van der Waals surface area contributed by atoms with Crippen molar-refractivity contribution in [1.82, 2.24) is 0 Å². The highest BCUT2D eigenvalue weighted by molar-refractivity contribution is 5.77. The van der Waals surface area contributed by atoms with E-state index in [0.717, 1.165) is 23.1 Å². The molecule has 0 amide bonds. The first kappa shape index (κ1) is 26.4. The van der Waals surface area contributed by atoms with Crippen LogP contribution in [-0.2, 0) is 38.3 Å². The van der Waals surface area contributed by atoms with E-state index < -0.39 is 0 Å². The molecule has 186 valence electrons. The van der Waals surface area contributed by atoms with Crippen LogP contribution in [0.4, 0.5) is 0 Å². The number of phenolic OH excluding ortho intramolecular Hbond substituents is 1. The molecule has 0 spiro atoms. The van der Waals surface area contributed by atoms with Crippen molar-refractivity contribution in [2.75, 3.05) is 19.8 Å². The normalized spacial score (nSPS) is 10.2.